The lowest BCUT2D eigenvalue weighted by Crippen LogP contribution is -2.29. The van der Waals surface area contributed by atoms with Crippen LogP contribution in [0.5, 0.6) is 5.75 Å². The number of aromatic nitrogens is 2. The minimum absolute atomic E-state index is 0.0372. The van der Waals surface area contributed by atoms with Crippen LogP contribution in [0.1, 0.15) is 28.3 Å². The summed E-state index contributed by atoms with van der Waals surface area (Å²) in [4.78, 5) is 35.7. The van der Waals surface area contributed by atoms with Crippen LogP contribution in [0, 0.1) is 6.92 Å². The van der Waals surface area contributed by atoms with Crippen LogP contribution in [-0.4, -0.2) is 38.8 Å². The second-order valence-electron chi connectivity index (χ2n) is 7.26. The number of aryl methyl sites for hydroxylation is 1. The Morgan fingerprint density at radius 1 is 1.10 bits per heavy atom. The highest BCUT2D eigenvalue weighted by Gasteiger charge is 2.46. The molecular formula is C24H21N3O4. The van der Waals surface area contributed by atoms with Crippen molar-refractivity contribution in [2.45, 2.75) is 19.5 Å². The number of carbonyl (C=O) groups is 2. The van der Waals surface area contributed by atoms with E-state index in [1.165, 1.54) is 4.90 Å². The quantitative estimate of drug-likeness (QED) is 0.390. The van der Waals surface area contributed by atoms with Gasteiger partial charge in [-0.3, -0.25) is 19.6 Å². The topological polar surface area (TPSA) is 92.6 Å². The Hall–Kier alpha value is -4.00. The molecule has 0 aliphatic carbocycles. The van der Waals surface area contributed by atoms with Crippen molar-refractivity contribution in [1.82, 2.24) is 14.9 Å². The summed E-state index contributed by atoms with van der Waals surface area (Å²) in [5.74, 6) is -0.994. The number of ether oxygens (including phenoxy) is 1. The first kappa shape index (κ1) is 20.3. The Labute approximate surface area is 179 Å². The van der Waals surface area contributed by atoms with Gasteiger partial charge in [0.25, 0.3) is 11.7 Å². The average Bonchev–Trinajstić information content (AvgIpc) is 3.04. The van der Waals surface area contributed by atoms with Crippen molar-refractivity contribution < 1.29 is 19.4 Å². The monoisotopic (exact) mass is 415 g/mol. The van der Waals surface area contributed by atoms with E-state index in [9.17, 15) is 14.7 Å². The zero-order valence-electron chi connectivity index (χ0n) is 17.1. The van der Waals surface area contributed by atoms with Crippen LogP contribution in [0.2, 0.25) is 0 Å². The number of carbonyl (C=O) groups excluding carboxylic acids is 2. The van der Waals surface area contributed by atoms with E-state index in [2.05, 4.69) is 9.97 Å². The van der Waals surface area contributed by atoms with Gasteiger partial charge < -0.3 is 14.7 Å². The van der Waals surface area contributed by atoms with Crippen molar-refractivity contribution in [1.29, 1.82) is 0 Å². The lowest BCUT2D eigenvalue weighted by molar-refractivity contribution is -0.140. The van der Waals surface area contributed by atoms with Crippen LogP contribution in [0.15, 0.2) is 72.8 Å². The highest BCUT2D eigenvalue weighted by Crippen LogP contribution is 2.40. The number of aliphatic hydroxyl groups is 1. The average molecular weight is 415 g/mol. The van der Waals surface area contributed by atoms with Crippen LogP contribution in [0.4, 0.5) is 0 Å². The Morgan fingerprint density at radius 2 is 1.84 bits per heavy atom. The zero-order valence-corrected chi connectivity index (χ0v) is 17.1. The number of benzene rings is 1. The molecule has 0 spiro atoms. The van der Waals surface area contributed by atoms with Gasteiger partial charge in [0.2, 0.25) is 0 Å². The fourth-order valence-electron chi connectivity index (χ4n) is 3.79. The molecule has 7 heteroatoms. The number of pyridine rings is 2. The van der Waals surface area contributed by atoms with Crippen LogP contribution < -0.4 is 4.74 Å². The molecule has 3 aromatic rings. The van der Waals surface area contributed by atoms with E-state index < -0.39 is 17.7 Å². The summed E-state index contributed by atoms with van der Waals surface area (Å²) in [6.45, 7) is 1.98. The molecule has 0 bridgehead atoms. The number of ketones is 1. The van der Waals surface area contributed by atoms with Crippen LogP contribution in [0.3, 0.4) is 0 Å². The summed E-state index contributed by atoms with van der Waals surface area (Å²) in [7, 11) is 1.56. The van der Waals surface area contributed by atoms with Gasteiger partial charge in [0.1, 0.15) is 11.5 Å². The fourth-order valence-corrected chi connectivity index (χ4v) is 3.79. The van der Waals surface area contributed by atoms with Gasteiger partial charge in [-0.1, -0.05) is 12.1 Å². The van der Waals surface area contributed by atoms with Crippen LogP contribution >= 0.6 is 0 Å². The number of likely N-dealkylation sites (tertiary alicyclic amines) is 1. The first-order valence-corrected chi connectivity index (χ1v) is 9.73. The summed E-state index contributed by atoms with van der Waals surface area (Å²) < 4.78 is 5.23. The Balaban J connectivity index is 1.86. The van der Waals surface area contributed by atoms with Crippen molar-refractivity contribution in [2.24, 2.45) is 0 Å². The van der Waals surface area contributed by atoms with Crippen molar-refractivity contribution >= 4 is 17.4 Å². The number of hydrogen-bond donors (Lipinski definition) is 1. The van der Waals surface area contributed by atoms with Gasteiger partial charge in [-0.2, -0.15) is 0 Å². The molecule has 1 aliphatic rings. The van der Waals surface area contributed by atoms with E-state index in [0.717, 1.165) is 11.1 Å². The molecule has 1 atom stereocenters. The normalized spacial score (nSPS) is 17.7. The smallest absolute Gasteiger partial charge is 0.295 e. The zero-order chi connectivity index (χ0) is 22.0. The van der Waals surface area contributed by atoms with Gasteiger partial charge in [0, 0.05) is 36.9 Å². The summed E-state index contributed by atoms with van der Waals surface area (Å²) >= 11 is 0. The van der Waals surface area contributed by atoms with Gasteiger partial charge in [-0.15, -0.1) is 0 Å². The molecule has 1 unspecified atom stereocenters. The fraction of sp³-hybridized carbons (Fsp3) is 0.167. The molecule has 1 N–H and O–H groups in total. The first-order chi connectivity index (χ1) is 15.0. The largest absolute Gasteiger partial charge is 0.507 e. The standard InChI is InChI=1S/C24H21N3O4/c1-15-11-18(31-2)7-8-19(15)22(28)20-21(17-6-4-10-26-13-17)27(24(30)23(20)29)14-16-5-3-9-25-12-16/h3-13,21,28H,14H2,1-2H3/b22-20-. The van der Waals surface area contributed by atoms with Crippen molar-refractivity contribution in [2.75, 3.05) is 7.11 Å². The molecule has 1 amide bonds. The summed E-state index contributed by atoms with van der Waals surface area (Å²) in [5.41, 5.74) is 2.64. The van der Waals surface area contributed by atoms with E-state index in [1.807, 2.05) is 13.0 Å². The SMILES string of the molecule is COc1ccc(/C(O)=C2/C(=O)C(=O)N(Cc3cccnc3)C2c2cccnc2)c(C)c1. The molecule has 0 saturated carbocycles. The maximum atomic E-state index is 13.1. The van der Waals surface area contributed by atoms with Gasteiger partial charge in [0.15, 0.2) is 0 Å². The van der Waals surface area contributed by atoms with Crippen molar-refractivity contribution in [3.8, 4) is 5.75 Å². The molecule has 1 aliphatic heterocycles. The Bertz CT molecular complexity index is 1160. The predicted molar refractivity (Wildman–Crippen MR) is 114 cm³/mol. The van der Waals surface area contributed by atoms with E-state index in [1.54, 1.807) is 68.3 Å². The van der Waals surface area contributed by atoms with Crippen LogP contribution in [-0.2, 0) is 16.1 Å². The second-order valence-corrected chi connectivity index (χ2v) is 7.26. The third-order valence-electron chi connectivity index (χ3n) is 5.30. The number of amides is 1. The molecule has 4 rings (SSSR count). The maximum absolute atomic E-state index is 13.1. The molecule has 31 heavy (non-hydrogen) atoms. The molecule has 7 nitrogen and oxygen atoms in total. The molecule has 2 aromatic heterocycles. The third kappa shape index (κ3) is 3.77. The van der Waals surface area contributed by atoms with Crippen LogP contribution in [0.25, 0.3) is 5.76 Å². The minimum atomic E-state index is -0.768. The molecule has 3 heterocycles. The lowest BCUT2D eigenvalue weighted by Gasteiger charge is -2.25. The van der Waals surface area contributed by atoms with Gasteiger partial charge >= 0.3 is 0 Å². The molecule has 1 saturated heterocycles. The summed E-state index contributed by atoms with van der Waals surface area (Å²) in [6, 6.07) is 11.5. The number of hydrogen-bond acceptors (Lipinski definition) is 6. The summed E-state index contributed by atoms with van der Waals surface area (Å²) in [6.07, 6.45) is 6.50. The molecule has 1 fully saturated rings. The predicted octanol–water partition coefficient (Wildman–Crippen LogP) is 3.42. The number of aliphatic hydroxyl groups excluding tert-OH is 1. The molecular weight excluding hydrogens is 394 g/mol. The number of nitrogens with zero attached hydrogens (tertiary/aromatic N) is 3. The van der Waals surface area contributed by atoms with E-state index >= 15 is 0 Å². The van der Waals surface area contributed by atoms with Crippen molar-refractivity contribution in [3.05, 3.63) is 95.1 Å². The van der Waals surface area contributed by atoms with E-state index in [4.69, 9.17) is 4.74 Å². The maximum Gasteiger partial charge on any atom is 0.295 e. The summed E-state index contributed by atoms with van der Waals surface area (Å²) in [5, 5.41) is 11.2. The highest BCUT2D eigenvalue weighted by atomic mass is 16.5. The Kier molecular flexibility index (Phi) is 5.49. The molecule has 1 aromatic carbocycles. The second kappa shape index (κ2) is 8.39. The number of rotatable bonds is 5. The number of methoxy groups -OCH3 is 1. The van der Waals surface area contributed by atoms with Gasteiger partial charge in [-0.25, -0.2) is 0 Å². The first-order valence-electron chi connectivity index (χ1n) is 9.73. The highest BCUT2D eigenvalue weighted by molar-refractivity contribution is 6.46. The lowest BCUT2D eigenvalue weighted by atomic mass is 9.94. The van der Waals surface area contributed by atoms with Gasteiger partial charge in [0.05, 0.1) is 18.7 Å². The molecule has 156 valence electrons. The number of Topliss-reactive ketones (excluding diaryl/α,β-unsaturated/α-hetero) is 1. The Morgan fingerprint density at radius 3 is 2.45 bits per heavy atom. The minimum Gasteiger partial charge on any atom is -0.507 e. The molecule has 0 radical (unpaired) electrons. The third-order valence-corrected chi connectivity index (χ3v) is 5.30. The van der Waals surface area contributed by atoms with Crippen molar-refractivity contribution in [3.63, 3.8) is 0 Å². The van der Waals surface area contributed by atoms with E-state index in [0.29, 0.717) is 16.9 Å². The van der Waals surface area contributed by atoms with Gasteiger partial charge in [-0.05, 0) is 53.9 Å². The van der Waals surface area contributed by atoms with E-state index in [-0.39, 0.29) is 17.9 Å².